The van der Waals surface area contributed by atoms with Crippen LogP contribution >= 0.6 is 0 Å². The second kappa shape index (κ2) is 10.7. The highest BCUT2D eigenvalue weighted by atomic mass is 32.2. The highest BCUT2D eigenvalue weighted by Crippen LogP contribution is 2.32. The summed E-state index contributed by atoms with van der Waals surface area (Å²) < 4.78 is 49.4. The first kappa shape index (κ1) is 27.2. The zero-order chi connectivity index (χ0) is 26.7. The van der Waals surface area contributed by atoms with Crippen LogP contribution in [0.3, 0.4) is 0 Å². The number of rotatable bonds is 8. The van der Waals surface area contributed by atoms with Gasteiger partial charge >= 0.3 is 10.1 Å². The number of benzene rings is 3. The second-order valence-electron chi connectivity index (χ2n) is 9.83. The van der Waals surface area contributed by atoms with Crippen molar-refractivity contribution in [2.45, 2.75) is 57.5 Å². The molecule has 0 saturated carbocycles. The maximum atomic E-state index is 13.3. The number of ether oxygens (including phenoxy) is 1. The average Bonchev–Trinajstić information content (AvgIpc) is 2.81. The zero-order valence-corrected chi connectivity index (χ0v) is 22.2. The van der Waals surface area contributed by atoms with Crippen LogP contribution < -0.4 is 8.92 Å². The van der Waals surface area contributed by atoms with Gasteiger partial charge in [0.05, 0.1) is 7.11 Å². The van der Waals surface area contributed by atoms with Crippen LogP contribution in [0.15, 0.2) is 71.6 Å². The number of hydrogen-bond donors (Lipinski definition) is 0. The molecule has 0 spiro atoms. The van der Waals surface area contributed by atoms with E-state index in [2.05, 4.69) is 20.8 Å². The van der Waals surface area contributed by atoms with Gasteiger partial charge in [0.1, 0.15) is 10.7 Å². The predicted octanol–water partition coefficient (Wildman–Crippen LogP) is 5.95. The van der Waals surface area contributed by atoms with Crippen LogP contribution in [0, 0.1) is 5.82 Å². The largest absolute Gasteiger partial charge is 0.493 e. The predicted molar refractivity (Wildman–Crippen MR) is 137 cm³/mol. The van der Waals surface area contributed by atoms with Crippen molar-refractivity contribution >= 4 is 16.0 Å². The molecule has 0 aliphatic carbocycles. The first-order chi connectivity index (χ1) is 16.8. The topological polar surface area (TPSA) is 72.9 Å². The summed E-state index contributed by atoms with van der Waals surface area (Å²) in [6.07, 6.45) is 0. The van der Waals surface area contributed by atoms with Gasteiger partial charge in [-0.1, -0.05) is 39.0 Å². The molecule has 0 N–H and O–H groups in total. The Morgan fingerprint density at radius 3 is 2.08 bits per heavy atom. The number of carbonyl (C=O) groups is 1. The zero-order valence-electron chi connectivity index (χ0n) is 21.4. The van der Waals surface area contributed by atoms with E-state index < -0.39 is 15.9 Å². The Labute approximate surface area is 212 Å². The minimum atomic E-state index is -4.23. The van der Waals surface area contributed by atoms with E-state index in [1.807, 2.05) is 38.1 Å². The van der Waals surface area contributed by atoms with Crippen LogP contribution in [-0.2, 0) is 22.1 Å². The van der Waals surface area contributed by atoms with Crippen molar-refractivity contribution in [2.75, 3.05) is 7.11 Å². The molecule has 6 nitrogen and oxygen atoms in total. The molecule has 1 amide bonds. The third-order valence-corrected chi connectivity index (χ3v) is 7.01. The summed E-state index contributed by atoms with van der Waals surface area (Å²) in [5.74, 6) is -0.502. The SMILES string of the molecule is COc1ccc(CN(C(=O)c2ccc(C(C)(C)C)cc2)C(C)C)cc1OS(=O)(=O)c1ccc(F)cc1. The molecule has 0 heterocycles. The summed E-state index contributed by atoms with van der Waals surface area (Å²) in [4.78, 5) is 14.9. The third kappa shape index (κ3) is 6.43. The molecular weight excluding hydrogens is 481 g/mol. The first-order valence-electron chi connectivity index (χ1n) is 11.6. The summed E-state index contributed by atoms with van der Waals surface area (Å²) in [6, 6.07) is 16.7. The minimum absolute atomic E-state index is 0.0208. The smallest absolute Gasteiger partial charge is 0.339 e. The molecule has 0 fully saturated rings. The van der Waals surface area contributed by atoms with Crippen LogP contribution in [0.1, 0.15) is 56.1 Å². The Morgan fingerprint density at radius 2 is 1.56 bits per heavy atom. The summed E-state index contributed by atoms with van der Waals surface area (Å²) in [7, 11) is -2.83. The van der Waals surface area contributed by atoms with Gasteiger partial charge in [-0.15, -0.1) is 0 Å². The Balaban J connectivity index is 1.87. The highest BCUT2D eigenvalue weighted by molar-refractivity contribution is 7.87. The first-order valence-corrected chi connectivity index (χ1v) is 13.0. The quantitative estimate of drug-likeness (QED) is 0.348. The van der Waals surface area contributed by atoms with Gasteiger partial charge < -0.3 is 13.8 Å². The van der Waals surface area contributed by atoms with E-state index in [0.29, 0.717) is 11.1 Å². The van der Waals surface area contributed by atoms with Crippen LogP contribution in [-0.4, -0.2) is 32.4 Å². The Kier molecular flexibility index (Phi) is 8.09. The number of nitrogens with zero attached hydrogens (tertiary/aromatic N) is 1. The molecule has 3 aromatic carbocycles. The molecular formula is C28H32FNO5S. The molecule has 0 saturated heterocycles. The van der Waals surface area contributed by atoms with Gasteiger partial charge in [-0.05, 0) is 78.9 Å². The summed E-state index contributed by atoms with van der Waals surface area (Å²) in [5, 5.41) is 0. The molecule has 0 unspecified atom stereocenters. The lowest BCUT2D eigenvalue weighted by molar-refractivity contribution is 0.0690. The molecule has 0 atom stereocenters. The van der Waals surface area contributed by atoms with Gasteiger partial charge in [-0.3, -0.25) is 4.79 Å². The highest BCUT2D eigenvalue weighted by Gasteiger charge is 2.23. The Hall–Kier alpha value is -3.39. The summed E-state index contributed by atoms with van der Waals surface area (Å²) >= 11 is 0. The van der Waals surface area contributed by atoms with E-state index in [9.17, 15) is 17.6 Å². The average molecular weight is 514 g/mol. The minimum Gasteiger partial charge on any atom is -0.493 e. The van der Waals surface area contributed by atoms with Crippen molar-refractivity contribution in [3.8, 4) is 11.5 Å². The monoisotopic (exact) mass is 513 g/mol. The van der Waals surface area contributed by atoms with Crippen molar-refractivity contribution in [3.63, 3.8) is 0 Å². The summed E-state index contributed by atoms with van der Waals surface area (Å²) in [6.45, 7) is 10.4. The van der Waals surface area contributed by atoms with Gasteiger partial charge in [0.25, 0.3) is 5.91 Å². The second-order valence-corrected chi connectivity index (χ2v) is 11.4. The van der Waals surface area contributed by atoms with Crippen LogP contribution in [0.2, 0.25) is 0 Å². The molecule has 0 aliphatic heterocycles. The maximum Gasteiger partial charge on any atom is 0.339 e. The van der Waals surface area contributed by atoms with E-state index in [0.717, 1.165) is 29.8 Å². The van der Waals surface area contributed by atoms with Gasteiger partial charge in [0.2, 0.25) is 0 Å². The summed E-state index contributed by atoms with van der Waals surface area (Å²) in [5.41, 5.74) is 2.34. The molecule has 3 aromatic rings. The molecule has 0 radical (unpaired) electrons. The van der Waals surface area contributed by atoms with Gasteiger partial charge in [-0.25, -0.2) is 4.39 Å². The molecule has 0 aromatic heterocycles. The fourth-order valence-corrected chi connectivity index (χ4v) is 4.55. The fraction of sp³-hybridized carbons (Fsp3) is 0.321. The Morgan fingerprint density at radius 1 is 0.944 bits per heavy atom. The van der Waals surface area contributed by atoms with Crippen molar-refractivity contribution in [3.05, 3.63) is 89.2 Å². The number of hydrogen-bond acceptors (Lipinski definition) is 5. The van der Waals surface area contributed by atoms with Crippen LogP contribution in [0.5, 0.6) is 11.5 Å². The molecule has 0 bridgehead atoms. The van der Waals surface area contributed by atoms with Crippen molar-refractivity contribution in [1.29, 1.82) is 0 Å². The normalized spacial score (nSPS) is 11.9. The Bertz CT molecular complexity index is 1310. The van der Waals surface area contributed by atoms with E-state index in [1.54, 1.807) is 17.0 Å². The molecule has 3 rings (SSSR count). The molecule has 0 aliphatic rings. The van der Waals surface area contributed by atoms with Crippen LogP contribution in [0.4, 0.5) is 4.39 Å². The standard InChI is InChI=1S/C28H32FNO5S/c1-19(2)30(27(31)21-8-10-22(11-9-21)28(3,4)5)18-20-7-16-25(34-6)26(17-20)35-36(32,33)24-14-12-23(29)13-15-24/h7-17,19H,18H2,1-6H3. The molecule has 192 valence electrons. The van der Waals surface area contributed by atoms with Gasteiger partial charge in [-0.2, -0.15) is 8.42 Å². The van der Waals surface area contributed by atoms with Gasteiger partial charge in [0, 0.05) is 18.2 Å². The lowest BCUT2D eigenvalue weighted by atomic mass is 9.86. The number of carbonyl (C=O) groups excluding carboxylic acids is 1. The van der Waals surface area contributed by atoms with Crippen molar-refractivity contribution in [2.24, 2.45) is 0 Å². The lowest BCUT2D eigenvalue weighted by Gasteiger charge is -2.28. The van der Waals surface area contributed by atoms with E-state index in [1.165, 1.54) is 13.2 Å². The number of halogens is 1. The fourth-order valence-electron chi connectivity index (χ4n) is 3.62. The van der Waals surface area contributed by atoms with E-state index >= 15 is 0 Å². The number of amides is 1. The number of methoxy groups -OCH3 is 1. The van der Waals surface area contributed by atoms with E-state index in [-0.39, 0.29) is 40.3 Å². The molecule has 36 heavy (non-hydrogen) atoms. The van der Waals surface area contributed by atoms with Crippen LogP contribution in [0.25, 0.3) is 0 Å². The van der Waals surface area contributed by atoms with Gasteiger partial charge in [0.15, 0.2) is 11.5 Å². The third-order valence-electron chi connectivity index (χ3n) is 5.76. The van der Waals surface area contributed by atoms with E-state index in [4.69, 9.17) is 8.92 Å². The van der Waals surface area contributed by atoms with Crippen molar-refractivity contribution in [1.82, 2.24) is 4.90 Å². The lowest BCUT2D eigenvalue weighted by Crippen LogP contribution is -2.36. The molecule has 8 heteroatoms. The van der Waals surface area contributed by atoms with Crippen molar-refractivity contribution < 1.29 is 26.5 Å². The maximum absolute atomic E-state index is 13.3.